The lowest BCUT2D eigenvalue weighted by Gasteiger charge is -2.25. The molecule has 19 heavy (non-hydrogen) atoms. The molecule has 0 aliphatic carbocycles. The molecule has 1 saturated heterocycles. The second kappa shape index (κ2) is 7.61. The number of nitrogens with zero attached hydrogens (tertiary/aromatic N) is 1. The van der Waals surface area contributed by atoms with E-state index in [1.54, 1.807) is 12.1 Å². The van der Waals surface area contributed by atoms with Gasteiger partial charge in [-0.3, -0.25) is 4.90 Å². The maximum Gasteiger partial charge on any atom is 0.123 e. The van der Waals surface area contributed by atoms with E-state index in [2.05, 4.69) is 17.1 Å². The zero-order valence-electron chi connectivity index (χ0n) is 11.9. The Hall–Kier alpha value is -0.930. The van der Waals surface area contributed by atoms with Crippen molar-refractivity contribution in [1.82, 2.24) is 10.2 Å². The van der Waals surface area contributed by atoms with Crippen LogP contribution in [0.5, 0.6) is 0 Å². The van der Waals surface area contributed by atoms with Crippen molar-refractivity contribution in [2.45, 2.75) is 45.2 Å². The lowest BCUT2D eigenvalue weighted by Crippen LogP contribution is -2.37. The highest BCUT2D eigenvalue weighted by Crippen LogP contribution is 2.12. The van der Waals surface area contributed by atoms with Crippen molar-refractivity contribution in [3.05, 3.63) is 35.6 Å². The predicted octanol–water partition coefficient (Wildman–Crippen LogP) is 3.18. The topological polar surface area (TPSA) is 15.3 Å². The monoisotopic (exact) mass is 264 g/mol. The van der Waals surface area contributed by atoms with Gasteiger partial charge in [-0.1, -0.05) is 25.5 Å². The molecule has 3 heteroatoms. The van der Waals surface area contributed by atoms with Gasteiger partial charge in [0, 0.05) is 19.1 Å². The zero-order chi connectivity index (χ0) is 13.5. The Morgan fingerprint density at radius 2 is 2.11 bits per heavy atom. The molecule has 0 aromatic heterocycles. The molecule has 1 aromatic carbocycles. The molecule has 106 valence electrons. The summed E-state index contributed by atoms with van der Waals surface area (Å²) in [5, 5.41) is 3.56. The fourth-order valence-electron chi connectivity index (χ4n) is 2.69. The van der Waals surface area contributed by atoms with Gasteiger partial charge < -0.3 is 5.32 Å². The molecular weight excluding hydrogens is 239 g/mol. The average molecular weight is 264 g/mol. The van der Waals surface area contributed by atoms with Gasteiger partial charge in [0.05, 0.1) is 0 Å². The summed E-state index contributed by atoms with van der Waals surface area (Å²) in [5.41, 5.74) is 1.20. The SMILES string of the molecule is CCCCN(Cc1ccc(F)cc1)CC1CCCN1. The Morgan fingerprint density at radius 3 is 2.74 bits per heavy atom. The molecule has 0 spiro atoms. The van der Waals surface area contributed by atoms with E-state index >= 15 is 0 Å². The van der Waals surface area contributed by atoms with Gasteiger partial charge in [-0.05, 0) is 50.0 Å². The molecule has 0 radical (unpaired) electrons. The highest BCUT2D eigenvalue weighted by molar-refractivity contribution is 5.15. The van der Waals surface area contributed by atoms with Crippen LogP contribution in [0.25, 0.3) is 0 Å². The van der Waals surface area contributed by atoms with E-state index < -0.39 is 0 Å². The summed E-state index contributed by atoms with van der Waals surface area (Å²) in [6.07, 6.45) is 5.03. The van der Waals surface area contributed by atoms with Crippen LogP contribution in [0.1, 0.15) is 38.2 Å². The lowest BCUT2D eigenvalue weighted by atomic mass is 10.1. The first-order valence-corrected chi connectivity index (χ1v) is 7.48. The average Bonchev–Trinajstić information content (AvgIpc) is 2.91. The van der Waals surface area contributed by atoms with Crippen LogP contribution in [-0.2, 0) is 6.54 Å². The summed E-state index contributed by atoms with van der Waals surface area (Å²) in [6, 6.07) is 7.55. The summed E-state index contributed by atoms with van der Waals surface area (Å²) in [5.74, 6) is -0.152. The molecule has 1 aliphatic rings. The highest BCUT2D eigenvalue weighted by Gasteiger charge is 2.17. The third kappa shape index (κ3) is 4.92. The van der Waals surface area contributed by atoms with Gasteiger partial charge in [-0.15, -0.1) is 0 Å². The zero-order valence-corrected chi connectivity index (χ0v) is 11.9. The van der Waals surface area contributed by atoms with Gasteiger partial charge in [0.15, 0.2) is 0 Å². The van der Waals surface area contributed by atoms with Gasteiger partial charge in [-0.25, -0.2) is 4.39 Å². The van der Waals surface area contributed by atoms with Crippen molar-refractivity contribution in [2.24, 2.45) is 0 Å². The van der Waals surface area contributed by atoms with Crippen molar-refractivity contribution in [1.29, 1.82) is 0 Å². The highest BCUT2D eigenvalue weighted by atomic mass is 19.1. The fraction of sp³-hybridized carbons (Fsp3) is 0.625. The van der Waals surface area contributed by atoms with Gasteiger partial charge in [0.25, 0.3) is 0 Å². The quantitative estimate of drug-likeness (QED) is 0.813. The first-order valence-electron chi connectivity index (χ1n) is 7.48. The molecule has 0 amide bonds. The maximum atomic E-state index is 12.9. The molecule has 1 aliphatic heterocycles. The summed E-state index contributed by atoms with van der Waals surface area (Å²) >= 11 is 0. The fourth-order valence-corrected chi connectivity index (χ4v) is 2.69. The van der Waals surface area contributed by atoms with Crippen LogP contribution in [0.3, 0.4) is 0 Å². The lowest BCUT2D eigenvalue weighted by molar-refractivity contribution is 0.237. The maximum absolute atomic E-state index is 12.9. The van der Waals surface area contributed by atoms with Gasteiger partial charge in [0.1, 0.15) is 5.82 Å². The molecule has 2 rings (SSSR count). The first kappa shape index (κ1) is 14.5. The number of benzene rings is 1. The Kier molecular flexibility index (Phi) is 5.80. The molecule has 0 saturated carbocycles. The number of nitrogens with one attached hydrogen (secondary N) is 1. The normalized spacial score (nSPS) is 19.2. The molecule has 1 fully saturated rings. The van der Waals surface area contributed by atoms with Crippen molar-refractivity contribution in [3.8, 4) is 0 Å². The molecule has 1 heterocycles. The van der Waals surface area contributed by atoms with Crippen LogP contribution >= 0.6 is 0 Å². The third-order valence-electron chi connectivity index (χ3n) is 3.79. The van der Waals surface area contributed by atoms with Gasteiger partial charge in [0.2, 0.25) is 0 Å². The van der Waals surface area contributed by atoms with E-state index in [0.29, 0.717) is 6.04 Å². The van der Waals surface area contributed by atoms with Crippen molar-refractivity contribution in [2.75, 3.05) is 19.6 Å². The minimum absolute atomic E-state index is 0.152. The van der Waals surface area contributed by atoms with Gasteiger partial charge in [-0.2, -0.15) is 0 Å². The van der Waals surface area contributed by atoms with Crippen LogP contribution < -0.4 is 5.32 Å². The van der Waals surface area contributed by atoms with E-state index in [4.69, 9.17) is 0 Å². The van der Waals surface area contributed by atoms with Crippen molar-refractivity contribution in [3.63, 3.8) is 0 Å². The minimum atomic E-state index is -0.152. The Bertz CT molecular complexity index is 358. The van der Waals surface area contributed by atoms with Gasteiger partial charge >= 0.3 is 0 Å². The van der Waals surface area contributed by atoms with E-state index in [0.717, 1.165) is 26.2 Å². The van der Waals surface area contributed by atoms with E-state index in [-0.39, 0.29) is 5.82 Å². The standard InChI is InChI=1S/C16H25FN2/c1-2-3-11-19(13-16-5-4-10-18-16)12-14-6-8-15(17)9-7-14/h6-9,16,18H,2-5,10-13H2,1H3. The first-order chi connectivity index (χ1) is 9.28. The number of rotatable bonds is 7. The van der Waals surface area contributed by atoms with Crippen molar-refractivity contribution >= 4 is 0 Å². The molecule has 0 bridgehead atoms. The molecular formula is C16H25FN2. The van der Waals surface area contributed by atoms with Crippen LogP contribution in [0, 0.1) is 5.82 Å². The Labute approximate surface area is 116 Å². The largest absolute Gasteiger partial charge is 0.313 e. The third-order valence-corrected chi connectivity index (χ3v) is 3.79. The second-order valence-electron chi connectivity index (χ2n) is 5.51. The smallest absolute Gasteiger partial charge is 0.123 e. The number of halogens is 1. The number of hydrogen-bond acceptors (Lipinski definition) is 2. The molecule has 2 nitrogen and oxygen atoms in total. The second-order valence-corrected chi connectivity index (χ2v) is 5.51. The predicted molar refractivity (Wildman–Crippen MR) is 77.6 cm³/mol. The summed E-state index contributed by atoms with van der Waals surface area (Å²) in [7, 11) is 0. The van der Waals surface area contributed by atoms with E-state index in [9.17, 15) is 4.39 Å². The van der Waals surface area contributed by atoms with E-state index in [1.807, 2.05) is 12.1 Å². The van der Waals surface area contributed by atoms with Crippen LogP contribution in [0.2, 0.25) is 0 Å². The molecule has 1 N–H and O–H groups in total. The number of unbranched alkanes of at least 4 members (excludes halogenated alkanes) is 1. The number of hydrogen-bond donors (Lipinski definition) is 1. The molecule has 1 aromatic rings. The van der Waals surface area contributed by atoms with Crippen LogP contribution in [0.15, 0.2) is 24.3 Å². The van der Waals surface area contributed by atoms with Crippen LogP contribution in [0.4, 0.5) is 4.39 Å². The summed E-state index contributed by atoms with van der Waals surface area (Å²) in [4.78, 5) is 2.50. The minimum Gasteiger partial charge on any atom is -0.313 e. The Morgan fingerprint density at radius 1 is 1.32 bits per heavy atom. The van der Waals surface area contributed by atoms with Crippen LogP contribution in [-0.4, -0.2) is 30.6 Å². The molecule has 1 atom stereocenters. The summed E-state index contributed by atoms with van der Waals surface area (Å²) in [6.45, 7) is 6.55. The van der Waals surface area contributed by atoms with E-state index in [1.165, 1.54) is 31.2 Å². The Balaban J connectivity index is 1.89. The molecule has 1 unspecified atom stereocenters. The summed E-state index contributed by atoms with van der Waals surface area (Å²) < 4.78 is 12.9. The van der Waals surface area contributed by atoms with Crippen molar-refractivity contribution < 1.29 is 4.39 Å².